The topological polar surface area (TPSA) is 55.4 Å². The first-order chi connectivity index (χ1) is 9.62. The molecule has 1 aromatic rings. The standard InChI is InChI=1S/C15H21NO3S/c1-16-15(14-4-2-3-9-20(14,17)18)12-5-6-13-11(10-12)7-8-19-13/h5-6,10,14-16H,2-4,7-9H2,1H3. The highest BCUT2D eigenvalue weighted by atomic mass is 32.2. The Hall–Kier alpha value is -1.07. The van der Waals surface area contributed by atoms with Crippen molar-refractivity contribution in [2.45, 2.75) is 37.0 Å². The van der Waals surface area contributed by atoms with Crippen LogP contribution in [-0.4, -0.2) is 33.1 Å². The summed E-state index contributed by atoms with van der Waals surface area (Å²) in [6.45, 7) is 0.727. The molecule has 5 heteroatoms. The van der Waals surface area contributed by atoms with Gasteiger partial charge in [0.15, 0.2) is 9.84 Å². The Labute approximate surface area is 120 Å². The molecular weight excluding hydrogens is 274 g/mol. The van der Waals surface area contributed by atoms with Crippen LogP contribution in [0.5, 0.6) is 5.75 Å². The van der Waals surface area contributed by atoms with E-state index in [1.807, 2.05) is 19.2 Å². The van der Waals surface area contributed by atoms with Crippen molar-refractivity contribution in [3.8, 4) is 5.75 Å². The minimum absolute atomic E-state index is 0.119. The van der Waals surface area contributed by atoms with E-state index in [1.165, 1.54) is 5.56 Å². The zero-order valence-corrected chi connectivity index (χ0v) is 12.6. The summed E-state index contributed by atoms with van der Waals surface area (Å²) in [6, 6.07) is 5.95. The van der Waals surface area contributed by atoms with Gasteiger partial charge >= 0.3 is 0 Å². The quantitative estimate of drug-likeness (QED) is 0.924. The predicted octanol–water partition coefficient (Wildman–Crippen LogP) is 1.85. The lowest BCUT2D eigenvalue weighted by Crippen LogP contribution is -2.39. The number of hydrogen-bond donors (Lipinski definition) is 1. The molecule has 0 saturated carbocycles. The third-order valence-electron chi connectivity index (χ3n) is 4.38. The van der Waals surface area contributed by atoms with Crippen LogP contribution >= 0.6 is 0 Å². The summed E-state index contributed by atoms with van der Waals surface area (Å²) in [5.74, 6) is 1.26. The molecule has 0 spiro atoms. The molecule has 4 nitrogen and oxygen atoms in total. The van der Waals surface area contributed by atoms with Crippen molar-refractivity contribution >= 4 is 9.84 Å². The van der Waals surface area contributed by atoms with Gasteiger partial charge in [0.25, 0.3) is 0 Å². The molecule has 0 aromatic heterocycles. The summed E-state index contributed by atoms with van der Waals surface area (Å²) in [5, 5.41) is 2.91. The molecule has 3 rings (SSSR count). The van der Waals surface area contributed by atoms with E-state index < -0.39 is 9.84 Å². The molecule has 0 amide bonds. The Morgan fingerprint density at radius 1 is 1.35 bits per heavy atom. The summed E-state index contributed by atoms with van der Waals surface area (Å²) < 4.78 is 30.2. The Morgan fingerprint density at radius 2 is 2.20 bits per heavy atom. The zero-order chi connectivity index (χ0) is 14.2. The van der Waals surface area contributed by atoms with Crippen LogP contribution in [0.3, 0.4) is 0 Å². The maximum atomic E-state index is 12.3. The minimum atomic E-state index is -2.99. The van der Waals surface area contributed by atoms with Crippen LogP contribution in [0.15, 0.2) is 18.2 Å². The van der Waals surface area contributed by atoms with Gasteiger partial charge in [0, 0.05) is 12.5 Å². The van der Waals surface area contributed by atoms with Crippen molar-refractivity contribution < 1.29 is 13.2 Å². The average molecular weight is 295 g/mol. The summed E-state index contributed by atoms with van der Waals surface area (Å²) in [4.78, 5) is 0. The van der Waals surface area contributed by atoms with Gasteiger partial charge in [-0.25, -0.2) is 8.42 Å². The van der Waals surface area contributed by atoms with Crippen molar-refractivity contribution in [3.63, 3.8) is 0 Å². The SMILES string of the molecule is CNC(c1ccc2c(c1)CCO2)C1CCCCS1(=O)=O. The molecule has 2 aliphatic rings. The molecule has 110 valence electrons. The van der Waals surface area contributed by atoms with Crippen LogP contribution < -0.4 is 10.1 Å². The molecule has 0 bridgehead atoms. The van der Waals surface area contributed by atoms with E-state index in [9.17, 15) is 8.42 Å². The lowest BCUT2D eigenvalue weighted by molar-refractivity contribution is 0.356. The molecule has 2 unspecified atom stereocenters. The molecule has 1 aromatic carbocycles. The Kier molecular flexibility index (Phi) is 3.73. The van der Waals surface area contributed by atoms with E-state index in [0.29, 0.717) is 5.75 Å². The highest BCUT2D eigenvalue weighted by molar-refractivity contribution is 7.92. The number of fused-ring (bicyclic) bond motifs is 1. The van der Waals surface area contributed by atoms with Crippen molar-refractivity contribution in [1.29, 1.82) is 0 Å². The van der Waals surface area contributed by atoms with Gasteiger partial charge in [-0.2, -0.15) is 0 Å². The van der Waals surface area contributed by atoms with Crippen molar-refractivity contribution in [3.05, 3.63) is 29.3 Å². The Bertz CT molecular complexity index is 597. The fraction of sp³-hybridized carbons (Fsp3) is 0.600. The number of ether oxygens (including phenoxy) is 1. The first kappa shape index (κ1) is 13.9. The number of sulfone groups is 1. The highest BCUT2D eigenvalue weighted by Crippen LogP contribution is 2.34. The summed E-state index contributed by atoms with van der Waals surface area (Å²) >= 11 is 0. The lowest BCUT2D eigenvalue weighted by atomic mass is 9.97. The number of nitrogens with one attached hydrogen (secondary N) is 1. The van der Waals surface area contributed by atoms with Crippen LogP contribution in [0.4, 0.5) is 0 Å². The molecule has 0 radical (unpaired) electrons. The maximum Gasteiger partial charge on any atom is 0.155 e. The summed E-state index contributed by atoms with van der Waals surface area (Å²) in [5.41, 5.74) is 2.25. The second-order valence-electron chi connectivity index (χ2n) is 5.63. The van der Waals surface area contributed by atoms with Gasteiger partial charge in [0.05, 0.1) is 17.6 Å². The molecule has 2 aliphatic heterocycles. The molecule has 2 atom stereocenters. The maximum absolute atomic E-state index is 12.3. The van der Waals surface area contributed by atoms with Crippen LogP contribution in [0.25, 0.3) is 0 Å². The average Bonchev–Trinajstić information content (AvgIpc) is 2.89. The Balaban J connectivity index is 1.93. The molecule has 1 fully saturated rings. The van der Waals surface area contributed by atoms with Gasteiger partial charge in [0.2, 0.25) is 0 Å². The first-order valence-electron chi connectivity index (χ1n) is 7.26. The third-order valence-corrected chi connectivity index (χ3v) is 6.67. The van der Waals surface area contributed by atoms with Gasteiger partial charge in [0.1, 0.15) is 5.75 Å². The lowest BCUT2D eigenvalue weighted by Gasteiger charge is -2.30. The zero-order valence-electron chi connectivity index (χ0n) is 11.8. The van der Waals surface area contributed by atoms with Crippen molar-refractivity contribution in [2.24, 2.45) is 0 Å². The van der Waals surface area contributed by atoms with Gasteiger partial charge in [-0.05, 0) is 37.1 Å². The Morgan fingerprint density at radius 3 is 2.95 bits per heavy atom. The van der Waals surface area contributed by atoms with E-state index in [1.54, 1.807) is 0 Å². The normalized spacial score (nSPS) is 25.8. The molecule has 20 heavy (non-hydrogen) atoms. The fourth-order valence-electron chi connectivity index (χ4n) is 3.32. The van der Waals surface area contributed by atoms with Gasteiger partial charge in [-0.15, -0.1) is 0 Å². The predicted molar refractivity (Wildman–Crippen MR) is 78.9 cm³/mol. The second kappa shape index (κ2) is 5.37. The number of hydrogen-bond acceptors (Lipinski definition) is 4. The van der Waals surface area contributed by atoms with Gasteiger partial charge in [-0.3, -0.25) is 0 Å². The van der Waals surface area contributed by atoms with Crippen molar-refractivity contribution in [2.75, 3.05) is 19.4 Å². The van der Waals surface area contributed by atoms with Crippen LogP contribution in [-0.2, 0) is 16.3 Å². The van der Waals surface area contributed by atoms with Gasteiger partial charge in [-0.1, -0.05) is 18.6 Å². The summed E-state index contributed by atoms with van der Waals surface area (Å²) in [7, 11) is -1.15. The fourth-order valence-corrected chi connectivity index (χ4v) is 5.46. The molecule has 2 heterocycles. The van der Waals surface area contributed by atoms with E-state index in [4.69, 9.17) is 4.74 Å². The molecule has 1 N–H and O–H groups in total. The monoisotopic (exact) mass is 295 g/mol. The molecule has 0 aliphatic carbocycles. The van der Waals surface area contributed by atoms with Crippen LogP contribution in [0.1, 0.15) is 36.4 Å². The largest absolute Gasteiger partial charge is 0.493 e. The smallest absolute Gasteiger partial charge is 0.155 e. The first-order valence-corrected chi connectivity index (χ1v) is 8.98. The van der Waals surface area contributed by atoms with E-state index >= 15 is 0 Å². The molecular formula is C15H21NO3S. The van der Waals surface area contributed by atoms with Gasteiger partial charge < -0.3 is 10.1 Å². The highest BCUT2D eigenvalue weighted by Gasteiger charge is 2.35. The second-order valence-corrected chi connectivity index (χ2v) is 7.97. The van der Waals surface area contributed by atoms with Crippen LogP contribution in [0.2, 0.25) is 0 Å². The number of benzene rings is 1. The van der Waals surface area contributed by atoms with E-state index in [-0.39, 0.29) is 11.3 Å². The van der Waals surface area contributed by atoms with E-state index in [2.05, 4.69) is 11.4 Å². The third kappa shape index (κ3) is 2.44. The molecule has 1 saturated heterocycles. The van der Waals surface area contributed by atoms with E-state index in [0.717, 1.165) is 43.6 Å². The summed E-state index contributed by atoms with van der Waals surface area (Å²) in [6.07, 6.45) is 3.46. The van der Waals surface area contributed by atoms with Crippen molar-refractivity contribution in [1.82, 2.24) is 5.32 Å². The van der Waals surface area contributed by atoms with Crippen LogP contribution in [0, 0.1) is 0 Å². The number of rotatable bonds is 3. The minimum Gasteiger partial charge on any atom is -0.493 e.